The zero-order valence-corrected chi connectivity index (χ0v) is 34.4. The largest absolute Gasteiger partial charge is 0.310 e. The first kappa shape index (κ1) is 34.9. The van der Waals surface area contributed by atoms with Crippen molar-refractivity contribution in [2.45, 2.75) is 110 Å². The van der Waals surface area contributed by atoms with Crippen LogP contribution < -0.4 is 4.90 Å². The van der Waals surface area contributed by atoms with Crippen molar-refractivity contribution in [3.8, 4) is 33.4 Å². The predicted octanol–water partition coefficient (Wildman–Crippen LogP) is 14.7. The van der Waals surface area contributed by atoms with Crippen LogP contribution in [0, 0.1) is 0 Å². The van der Waals surface area contributed by atoms with E-state index in [2.05, 4.69) is 203 Å². The lowest BCUT2D eigenvalue weighted by Gasteiger charge is -2.32. The molecule has 0 aromatic heterocycles. The Hall–Kier alpha value is -4.88. The molecule has 3 aliphatic rings. The summed E-state index contributed by atoms with van der Waals surface area (Å²) < 4.78 is 0. The Morgan fingerprint density at radius 3 is 1.39 bits per heavy atom. The van der Waals surface area contributed by atoms with E-state index >= 15 is 0 Å². The van der Waals surface area contributed by atoms with Crippen molar-refractivity contribution in [1.29, 1.82) is 0 Å². The normalized spacial score (nSPS) is 16.6. The maximum Gasteiger partial charge on any atom is 0.0543 e. The highest BCUT2D eigenvalue weighted by molar-refractivity contribution is 5.97. The number of anilines is 3. The van der Waals surface area contributed by atoms with Gasteiger partial charge in [0.2, 0.25) is 0 Å². The summed E-state index contributed by atoms with van der Waals surface area (Å²) in [6, 6.07) is 44.6. The fourth-order valence-electron chi connectivity index (χ4n) is 10.3. The molecule has 0 bridgehead atoms. The van der Waals surface area contributed by atoms with Crippen LogP contribution >= 0.6 is 0 Å². The summed E-state index contributed by atoms with van der Waals surface area (Å²) >= 11 is 0. The minimum atomic E-state index is -0.158. The quantitative estimate of drug-likeness (QED) is 0.177. The SMILES string of the molecule is CC(C)(C)c1cc2c(c(C(C)(C)C)c1)C(C)(C)c1cccc(N(c3ccc4c(c3)C(C)(C)c3ccccc3-4)c3ccc4c(c3)C(C)(C)c3ccccc3-4)c1-2. The third kappa shape index (κ3) is 4.76. The highest BCUT2D eigenvalue weighted by Gasteiger charge is 2.43. The topological polar surface area (TPSA) is 3.24 Å². The van der Waals surface area contributed by atoms with Crippen LogP contribution in [0.1, 0.15) is 128 Å². The lowest BCUT2D eigenvalue weighted by molar-refractivity contribution is 0.545. The van der Waals surface area contributed by atoms with Crippen LogP contribution in [-0.4, -0.2) is 0 Å². The average Bonchev–Trinajstić information content (AvgIpc) is 3.60. The van der Waals surface area contributed by atoms with E-state index in [4.69, 9.17) is 0 Å². The van der Waals surface area contributed by atoms with Gasteiger partial charge >= 0.3 is 0 Å². The van der Waals surface area contributed by atoms with Gasteiger partial charge in [0, 0.05) is 33.2 Å². The summed E-state index contributed by atoms with van der Waals surface area (Å²) in [6.45, 7) is 28.7. The Bertz CT molecular complexity index is 2430. The molecule has 0 aliphatic heterocycles. The van der Waals surface area contributed by atoms with Crippen molar-refractivity contribution in [3.05, 3.63) is 160 Å². The zero-order valence-electron chi connectivity index (χ0n) is 34.4. The molecular weight excluding hydrogens is 651 g/mol. The molecule has 0 heterocycles. The van der Waals surface area contributed by atoms with Crippen molar-refractivity contribution in [2.75, 3.05) is 4.90 Å². The molecule has 0 radical (unpaired) electrons. The van der Waals surface area contributed by atoms with Gasteiger partial charge in [-0.05, 0) is 113 Å². The number of hydrogen-bond donors (Lipinski definition) is 0. The van der Waals surface area contributed by atoms with Crippen LogP contribution in [0.2, 0.25) is 0 Å². The van der Waals surface area contributed by atoms with E-state index in [0.717, 1.165) is 0 Å². The van der Waals surface area contributed by atoms with E-state index in [0.29, 0.717) is 0 Å². The van der Waals surface area contributed by atoms with Gasteiger partial charge in [-0.1, -0.05) is 168 Å². The van der Waals surface area contributed by atoms with Crippen LogP contribution in [0.3, 0.4) is 0 Å². The lowest BCUT2D eigenvalue weighted by Crippen LogP contribution is -2.24. The predicted molar refractivity (Wildman–Crippen MR) is 231 cm³/mol. The van der Waals surface area contributed by atoms with Gasteiger partial charge in [-0.3, -0.25) is 0 Å². The van der Waals surface area contributed by atoms with Crippen LogP contribution in [0.25, 0.3) is 33.4 Å². The highest BCUT2D eigenvalue weighted by Crippen LogP contribution is 2.59. The smallest absolute Gasteiger partial charge is 0.0543 e. The number of rotatable bonds is 3. The molecule has 9 rings (SSSR count). The molecule has 6 aromatic rings. The van der Waals surface area contributed by atoms with E-state index < -0.39 is 0 Å². The summed E-state index contributed by atoms with van der Waals surface area (Å²) in [5, 5.41) is 0. The first-order valence-corrected chi connectivity index (χ1v) is 20.0. The van der Waals surface area contributed by atoms with Gasteiger partial charge in [-0.2, -0.15) is 0 Å². The van der Waals surface area contributed by atoms with E-state index in [1.54, 1.807) is 0 Å². The molecule has 0 spiro atoms. The molecule has 54 heavy (non-hydrogen) atoms. The Labute approximate surface area is 324 Å². The van der Waals surface area contributed by atoms with Crippen molar-refractivity contribution in [1.82, 2.24) is 0 Å². The van der Waals surface area contributed by atoms with Gasteiger partial charge < -0.3 is 4.90 Å². The maximum absolute atomic E-state index is 2.59. The Kier molecular flexibility index (Phi) is 7.16. The van der Waals surface area contributed by atoms with Crippen molar-refractivity contribution in [3.63, 3.8) is 0 Å². The third-order valence-electron chi connectivity index (χ3n) is 13.3. The van der Waals surface area contributed by atoms with E-state index in [1.807, 2.05) is 0 Å². The second-order valence-corrected chi connectivity index (χ2v) is 19.9. The fraction of sp³-hybridized carbons (Fsp3) is 0.321. The molecule has 1 heteroatoms. The van der Waals surface area contributed by atoms with Crippen LogP contribution in [0.5, 0.6) is 0 Å². The lowest BCUT2D eigenvalue weighted by atomic mass is 9.71. The molecule has 6 aromatic carbocycles. The van der Waals surface area contributed by atoms with E-state index in [-0.39, 0.29) is 27.1 Å². The number of nitrogens with zero attached hydrogens (tertiary/aromatic N) is 1. The van der Waals surface area contributed by atoms with Crippen LogP contribution in [0.15, 0.2) is 115 Å². The summed E-state index contributed by atoms with van der Waals surface area (Å²) in [5.41, 5.74) is 22.7. The second-order valence-electron chi connectivity index (χ2n) is 19.9. The third-order valence-corrected chi connectivity index (χ3v) is 13.3. The van der Waals surface area contributed by atoms with Gasteiger partial charge in [0.05, 0.1) is 5.69 Å². The van der Waals surface area contributed by atoms with E-state index in [9.17, 15) is 0 Å². The Balaban J connectivity index is 1.34. The van der Waals surface area contributed by atoms with E-state index in [1.165, 1.54) is 95.0 Å². The monoisotopic (exact) mass is 705 g/mol. The molecule has 0 fully saturated rings. The zero-order chi connectivity index (χ0) is 38.3. The maximum atomic E-state index is 2.59. The number of fused-ring (bicyclic) bond motifs is 9. The molecule has 0 saturated carbocycles. The Morgan fingerprint density at radius 1 is 0.407 bits per heavy atom. The standard InChI is InChI=1S/C53H55N/c1-49(2,3)32-28-39-47-42(53(11,12)48(39)45(29-32)50(4,5)6)22-17-23-46(47)54(33-24-26-37-35-18-13-15-20-40(35)51(7,8)43(37)30-33)34-25-27-38-36-19-14-16-21-41(36)52(9,10)44(38)31-34/h13-31H,1-12H3. The molecule has 0 amide bonds. The van der Waals surface area contributed by atoms with Gasteiger partial charge in [0.15, 0.2) is 0 Å². The first-order valence-electron chi connectivity index (χ1n) is 20.0. The number of benzene rings is 6. The minimum absolute atomic E-state index is 0.00828. The molecular formula is C53H55N. The molecule has 0 saturated heterocycles. The van der Waals surface area contributed by atoms with Gasteiger partial charge in [0.1, 0.15) is 0 Å². The average molecular weight is 706 g/mol. The molecule has 3 aliphatic carbocycles. The summed E-state index contributed by atoms with van der Waals surface area (Å²) in [5.74, 6) is 0. The first-order chi connectivity index (χ1) is 25.3. The molecule has 272 valence electrons. The van der Waals surface area contributed by atoms with Crippen molar-refractivity contribution >= 4 is 17.1 Å². The second kappa shape index (κ2) is 11.1. The molecule has 0 atom stereocenters. The fourth-order valence-corrected chi connectivity index (χ4v) is 10.3. The van der Waals surface area contributed by atoms with Crippen LogP contribution in [0.4, 0.5) is 17.1 Å². The van der Waals surface area contributed by atoms with Crippen molar-refractivity contribution in [2.24, 2.45) is 0 Å². The van der Waals surface area contributed by atoms with Gasteiger partial charge in [0.25, 0.3) is 0 Å². The summed E-state index contributed by atoms with van der Waals surface area (Å²) in [4.78, 5) is 2.59. The van der Waals surface area contributed by atoms with Gasteiger partial charge in [-0.15, -0.1) is 0 Å². The summed E-state index contributed by atoms with van der Waals surface area (Å²) in [7, 11) is 0. The molecule has 0 unspecified atom stereocenters. The summed E-state index contributed by atoms with van der Waals surface area (Å²) in [6.07, 6.45) is 0. The number of hydrogen-bond acceptors (Lipinski definition) is 1. The van der Waals surface area contributed by atoms with Crippen molar-refractivity contribution < 1.29 is 0 Å². The van der Waals surface area contributed by atoms with Gasteiger partial charge in [-0.25, -0.2) is 0 Å². The Morgan fingerprint density at radius 2 is 0.889 bits per heavy atom. The minimum Gasteiger partial charge on any atom is -0.310 e. The van der Waals surface area contributed by atoms with Crippen LogP contribution in [-0.2, 0) is 27.1 Å². The molecule has 1 nitrogen and oxygen atoms in total. The highest BCUT2D eigenvalue weighted by atomic mass is 15.1. The molecule has 0 N–H and O–H groups in total.